The summed E-state index contributed by atoms with van der Waals surface area (Å²) in [6.45, 7) is 3.51. The molecule has 0 radical (unpaired) electrons. The van der Waals surface area contributed by atoms with Gasteiger partial charge in [-0.2, -0.15) is 0 Å². The van der Waals surface area contributed by atoms with E-state index < -0.39 is 9.84 Å². The Balaban J connectivity index is 3.30. The fourth-order valence-corrected chi connectivity index (χ4v) is 3.53. The van der Waals surface area contributed by atoms with E-state index in [2.05, 4.69) is 0 Å². The third kappa shape index (κ3) is 3.20. The topological polar surface area (TPSA) is 63.6 Å². The fraction of sp³-hybridized carbons (Fsp3) is 0.500. The Hall–Kier alpha value is -1.07. The van der Waals surface area contributed by atoms with Crippen molar-refractivity contribution in [2.45, 2.75) is 25.2 Å². The van der Waals surface area contributed by atoms with Gasteiger partial charge in [-0.1, -0.05) is 6.07 Å². The van der Waals surface area contributed by atoms with Crippen molar-refractivity contribution in [3.05, 3.63) is 23.3 Å². The van der Waals surface area contributed by atoms with Crippen LogP contribution < -0.4 is 4.74 Å². The Labute approximate surface area is 102 Å². The molecular weight excluding hydrogens is 240 g/mol. The molecule has 1 N–H and O–H groups in total. The zero-order chi connectivity index (χ0) is 13.1. The molecule has 0 saturated heterocycles. The van der Waals surface area contributed by atoms with Gasteiger partial charge in [-0.3, -0.25) is 0 Å². The van der Waals surface area contributed by atoms with E-state index in [4.69, 9.17) is 9.84 Å². The molecule has 96 valence electrons. The number of aliphatic hydroxyl groups is 1. The highest BCUT2D eigenvalue weighted by molar-refractivity contribution is 7.91. The van der Waals surface area contributed by atoms with E-state index in [1.54, 1.807) is 13.0 Å². The summed E-state index contributed by atoms with van der Waals surface area (Å²) in [6, 6.07) is 3.52. The van der Waals surface area contributed by atoms with Crippen LogP contribution in [0.15, 0.2) is 17.0 Å². The molecule has 0 fully saturated rings. The van der Waals surface area contributed by atoms with Crippen molar-refractivity contribution in [1.29, 1.82) is 0 Å². The van der Waals surface area contributed by atoms with Crippen molar-refractivity contribution >= 4 is 9.84 Å². The summed E-state index contributed by atoms with van der Waals surface area (Å²) in [5.41, 5.74) is 1.64. The quantitative estimate of drug-likeness (QED) is 0.868. The Morgan fingerprint density at radius 3 is 2.47 bits per heavy atom. The molecule has 0 aromatic heterocycles. The van der Waals surface area contributed by atoms with E-state index in [-0.39, 0.29) is 23.7 Å². The van der Waals surface area contributed by atoms with Crippen LogP contribution in [0.1, 0.15) is 17.5 Å². The normalized spacial score (nSPS) is 11.5. The molecule has 1 aromatic rings. The molecule has 0 aliphatic carbocycles. The van der Waals surface area contributed by atoms with E-state index >= 15 is 0 Å². The van der Waals surface area contributed by atoms with Crippen molar-refractivity contribution in [3.8, 4) is 5.75 Å². The van der Waals surface area contributed by atoms with Crippen LogP contribution in [-0.4, -0.2) is 33.0 Å². The van der Waals surface area contributed by atoms with Gasteiger partial charge in [0, 0.05) is 6.61 Å². The molecule has 4 nitrogen and oxygen atoms in total. The van der Waals surface area contributed by atoms with Crippen LogP contribution in [0, 0.1) is 13.8 Å². The van der Waals surface area contributed by atoms with Crippen LogP contribution in [0.25, 0.3) is 0 Å². The van der Waals surface area contributed by atoms with Gasteiger partial charge in [-0.15, -0.1) is 0 Å². The van der Waals surface area contributed by atoms with Gasteiger partial charge < -0.3 is 9.84 Å². The lowest BCUT2D eigenvalue weighted by molar-refractivity contribution is 0.295. The van der Waals surface area contributed by atoms with E-state index in [1.807, 2.05) is 13.0 Å². The van der Waals surface area contributed by atoms with Crippen LogP contribution >= 0.6 is 0 Å². The number of ether oxygens (including phenoxy) is 1. The second-order valence-corrected chi connectivity index (χ2v) is 6.06. The molecule has 17 heavy (non-hydrogen) atoms. The molecule has 0 saturated carbocycles. The minimum absolute atomic E-state index is 0.0657. The first kappa shape index (κ1) is 14.0. The maximum atomic E-state index is 12.1. The average molecular weight is 258 g/mol. The SMILES string of the molecule is COc1cc(C)cc(C)c1S(=O)(=O)CCCO. The lowest BCUT2D eigenvalue weighted by atomic mass is 10.1. The van der Waals surface area contributed by atoms with Gasteiger partial charge in [0.2, 0.25) is 0 Å². The smallest absolute Gasteiger partial charge is 0.182 e. The monoisotopic (exact) mass is 258 g/mol. The van der Waals surface area contributed by atoms with Crippen LogP contribution in [0.5, 0.6) is 5.75 Å². The Bertz CT molecular complexity index is 491. The standard InChI is InChI=1S/C12H18O4S/c1-9-7-10(2)12(11(8-9)16-3)17(14,15)6-4-5-13/h7-8,13H,4-6H2,1-3H3. The Morgan fingerprint density at radius 1 is 1.29 bits per heavy atom. The molecule has 0 aliphatic rings. The first-order valence-corrected chi connectivity index (χ1v) is 7.06. The lowest BCUT2D eigenvalue weighted by Crippen LogP contribution is -2.11. The van der Waals surface area contributed by atoms with Gasteiger partial charge in [0.15, 0.2) is 9.84 Å². The highest BCUT2D eigenvalue weighted by Crippen LogP contribution is 2.29. The first-order valence-electron chi connectivity index (χ1n) is 5.41. The first-order chi connectivity index (χ1) is 7.92. The summed E-state index contributed by atoms with van der Waals surface area (Å²) in [4.78, 5) is 0.235. The van der Waals surface area contributed by atoms with E-state index in [0.29, 0.717) is 11.3 Å². The molecular formula is C12H18O4S. The highest BCUT2D eigenvalue weighted by Gasteiger charge is 2.22. The summed E-state index contributed by atoms with van der Waals surface area (Å²) in [5.74, 6) is 0.310. The number of benzene rings is 1. The van der Waals surface area contributed by atoms with Crippen molar-refractivity contribution in [2.24, 2.45) is 0 Å². The third-order valence-corrected chi connectivity index (χ3v) is 4.46. The number of aryl methyl sites for hydroxylation is 2. The molecule has 1 rings (SSSR count). The molecule has 0 unspecified atom stereocenters. The summed E-state index contributed by atoms with van der Waals surface area (Å²) in [7, 11) is -1.94. The van der Waals surface area contributed by atoms with Gasteiger partial charge in [0.05, 0.1) is 12.9 Å². The van der Waals surface area contributed by atoms with Crippen LogP contribution in [0.4, 0.5) is 0 Å². The lowest BCUT2D eigenvalue weighted by Gasteiger charge is -2.13. The predicted octanol–water partition coefficient (Wildman–Crippen LogP) is 1.47. The summed E-state index contributed by atoms with van der Waals surface area (Å²) >= 11 is 0. The fourth-order valence-electron chi connectivity index (χ4n) is 1.82. The van der Waals surface area contributed by atoms with Gasteiger partial charge in [-0.05, 0) is 37.5 Å². The highest BCUT2D eigenvalue weighted by atomic mass is 32.2. The minimum Gasteiger partial charge on any atom is -0.495 e. The average Bonchev–Trinajstić information content (AvgIpc) is 2.24. The minimum atomic E-state index is -3.40. The zero-order valence-corrected chi connectivity index (χ0v) is 11.2. The van der Waals surface area contributed by atoms with E-state index in [9.17, 15) is 8.42 Å². The zero-order valence-electron chi connectivity index (χ0n) is 10.4. The molecule has 0 amide bonds. The van der Waals surface area contributed by atoms with Gasteiger partial charge in [0.25, 0.3) is 0 Å². The van der Waals surface area contributed by atoms with E-state index in [0.717, 1.165) is 5.56 Å². The number of hydrogen-bond donors (Lipinski definition) is 1. The maximum absolute atomic E-state index is 12.1. The van der Waals surface area contributed by atoms with Crippen LogP contribution in [-0.2, 0) is 9.84 Å². The van der Waals surface area contributed by atoms with Crippen molar-refractivity contribution < 1.29 is 18.3 Å². The number of methoxy groups -OCH3 is 1. The molecule has 5 heteroatoms. The molecule has 0 heterocycles. The number of rotatable bonds is 5. The van der Waals surface area contributed by atoms with Crippen molar-refractivity contribution in [1.82, 2.24) is 0 Å². The number of sulfone groups is 1. The maximum Gasteiger partial charge on any atom is 0.182 e. The summed E-state index contributed by atoms with van der Waals surface area (Å²) < 4.78 is 29.4. The molecule has 1 aromatic carbocycles. The predicted molar refractivity (Wildman–Crippen MR) is 66.2 cm³/mol. The van der Waals surface area contributed by atoms with Gasteiger partial charge in [0.1, 0.15) is 10.6 Å². The third-order valence-electron chi connectivity index (χ3n) is 2.49. The molecule has 0 aliphatic heterocycles. The second-order valence-electron chi connectivity index (χ2n) is 4.01. The summed E-state index contributed by atoms with van der Waals surface area (Å²) in [6.07, 6.45) is 0.235. The second kappa shape index (κ2) is 5.51. The summed E-state index contributed by atoms with van der Waals surface area (Å²) in [5, 5.41) is 8.72. The van der Waals surface area contributed by atoms with Gasteiger partial charge >= 0.3 is 0 Å². The number of aliphatic hydroxyl groups excluding tert-OH is 1. The molecule has 0 bridgehead atoms. The van der Waals surface area contributed by atoms with Crippen molar-refractivity contribution in [3.63, 3.8) is 0 Å². The Morgan fingerprint density at radius 2 is 1.94 bits per heavy atom. The number of hydrogen-bond acceptors (Lipinski definition) is 4. The van der Waals surface area contributed by atoms with Crippen molar-refractivity contribution in [2.75, 3.05) is 19.5 Å². The van der Waals surface area contributed by atoms with Crippen LogP contribution in [0.3, 0.4) is 0 Å². The van der Waals surface area contributed by atoms with E-state index in [1.165, 1.54) is 7.11 Å². The molecule has 0 spiro atoms. The largest absolute Gasteiger partial charge is 0.495 e. The van der Waals surface area contributed by atoms with Gasteiger partial charge in [-0.25, -0.2) is 8.42 Å². The Kier molecular flexibility index (Phi) is 4.54. The van der Waals surface area contributed by atoms with Crippen LogP contribution in [0.2, 0.25) is 0 Å². The molecule has 0 atom stereocenters.